The zero-order valence-corrected chi connectivity index (χ0v) is 24.8. The minimum atomic E-state index is -3.39. The molecule has 4 aliphatic rings. The van der Waals surface area contributed by atoms with Gasteiger partial charge in [-0.2, -0.15) is 0 Å². The first-order valence-electron chi connectivity index (χ1n) is 10.8. The van der Waals surface area contributed by atoms with Crippen molar-refractivity contribution < 1.29 is 62.6 Å². The van der Waals surface area contributed by atoms with Crippen LogP contribution in [0.2, 0.25) is 0 Å². The smallest absolute Gasteiger partial charge is 0.309 e. The molecule has 0 spiro atoms. The first-order valence-corrected chi connectivity index (χ1v) is 13.3. The molecule has 0 aliphatic heterocycles. The summed E-state index contributed by atoms with van der Waals surface area (Å²) in [7, 11) is -2.77. The van der Waals surface area contributed by atoms with Gasteiger partial charge in [-0.15, -0.1) is 13.2 Å². The second-order valence-corrected chi connectivity index (χ2v) is 13.0. The monoisotopic (exact) mass is 727 g/mol. The fourth-order valence-electron chi connectivity index (χ4n) is 3.09. The Balaban J connectivity index is 0.000000493. The molecule has 1 amide bonds. The van der Waals surface area contributed by atoms with Crippen molar-refractivity contribution in [1.29, 1.82) is 1.34 Å². The Morgan fingerprint density at radius 1 is 1.00 bits per heavy atom. The topological polar surface area (TPSA) is 161 Å². The molecule has 184 valence electrons. The van der Waals surface area contributed by atoms with E-state index >= 15 is 0 Å². The van der Waals surface area contributed by atoms with Crippen LogP contribution in [-0.4, -0.2) is 54.0 Å². The molecule has 9 nitrogen and oxygen atoms in total. The van der Waals surface area contributed by atoms with Gasteiger partial charge in [0.05, 0.1) is 21.3 Å². The predicted octanol–water partition coefficient (Wildman–Crippen LogP) is 0.879. The Morgan fingerprint density at radius 2 is 1.39 bits per heavy atom. The van der Waals surface area contributed by atoms with Gasteiger partial charge in [-0.3, -0.25) is 14.3 Å². The summed E-state index contributed by atoms with van der Waals surface area (Å²) in [6.45, 7) is 10.7. The van der Waals surface area contributed by atoms with Crippen molar-refractivity contribution in [3.05, 3.63) is 25.3 Å². The summed E-state index contributed by atoms with van der Waals surface area (Å²) in [6, 6.07) is 0. The van der Waals surface area contributed by atoms with Crippen molar-refractivity contribution in [1.82, 2.24) is 4.72 Å². The third kappa shape index (κ3) is 8.53. The normalized spacial score (nSPS) is 31.5. The summed E-state index contributed by atoms with van der Waals surface area (Å²) < 4.78 is 50.8. The van der Waals surface area contributed by atoms with E-state index < -0.39 is 36.8 Å². The SMILES string of the molecule is C=CC1CC1(C)C(=O)NS(=O)(=O)C1CC1.C=CC1CC1(C)C(=O)O.NS(=O)(=O)C1CC1.[2H][B].[U]. The second kappa shape index (κ2) is 11.4. The minimum Gasteiger partial charge on any atom is -0.481 e. The van der Waals surface area contributed by atoms with Crippen molar-refractivity contribution in [3.8, 4) is 0 Å². The van der Waals surface area contributed by atoms with E-state index in [4.69, 9.17) is 11.6 Å². The molecule has 4 aliphatic carbocycles. The number of nitrogens with one attached hydrogen (secondary N) is 1. The van der Waals surface area contributed by atoms with Crippen LogP contribution in [-0.2, 0) is 29.6 Å². The van der Waals surface area contributed by atoms with Crippen LogP contribution in [0.5, 0.6) is 0 Å². The van der Waals surface area contributed by atoms with Gasteiger partial charge < -0.3 is 5.11 Å². The number of rotatable bonds is 7. The molecule has 4 rings (SSSR count). The minimum absolute atomic E-state index is 0. The molecule has 4 fully saturated rings. The van der Waals surface area contributed by atoms with E-state index in [1.165, 1.54) is 0 Å². The average Bonchev–Trinajstić information content (AvgIpc) is 3.56. The van der Waals surface area contributed by atoms with Crippen molar-refractivity contribution in [2.75, 3.05) is 0 Å². The third-order valence-corrected chi connectivity index (χ3v) is 9.59. The fourth-order valence-corrected chi connectivity index (χ4v) is 5.30. The Labute approximate surface area is 223 Å². The molecule has 0 heterocycles. The maximum absolute atomic E-state index is 11.7. The van der Waals surface area contributed by atoms with Crippen LogP contribution in [0.4, 0.5) is 0 Å². The van der Waals surface area contributed by atoms with Gasteiger partial charge in [-0.25, -0.2) is 22.0 Å². The summed E-state index contributed by atoms with van der Waals surface area (Å²) >= 11 is 0. The van der Waals surface area contributed by atoms with Crippen molar-refractivity contribution >= 4 is 40.3 Å². The number of sulfonamides is 2. The number of hydrogen-bond donors (Lipinski definition) is 3. The summed E-state index contributed by atoms with van der Waals surface area (Å²) in [5, 5.41) is 12.7. The molecule has 0 bridgehead atoms. The third-order valence-electron chi connectivity index (χ3n) is 6.37. The number of carbonyl (C=O) groups excluding carboxylic acids is 1. The number of amides is 1. The van der Waals surface area contributed by atoms with Gasteiger partial charge >= 0.3 is 5.97 Å². The molecule has 33 heavy (non-hydrogen) atoms. The van der Waals surface area contributed by atoms with E-state index in [9.17, 15) is 26.4 Å². The van der Waals surface area contributed by atoms with Crippen LogP contribution in [0, 0.1) is 53.8 Å². The summed E-state index contributed by atoms with van der Waals surface area (Å²) in [5.41, 5.74) is -1.04. The van der Waals surface area contributed by atoms with E-state index in [0.29, 0.717) is 19.3 Å². The molecular weight excluding hydrogens is 693 g/mol. The van der Waals surface area contributed by atoms with Crippen LogP contribution < -0.4 is 9.86 Å². The molecule has 2 radical (unpaired) electrons. The Morgan fingerprint density at radius 3 is 1.61 bits per heavy atom. The molecule has 0 aromatic heterocycles. The molecular formula is C20H33BN2O7S2U. The van der Waals surface area contributed by atoms with Gasteiger partial charge in [-0.05, 0) is 58.6 Å². The van der Waals surface area contributed by atoms with Crippen LogP contribution in [0.1, 0.15) is 52.4 Å². The van der Waals surface area contributed by atoms with E-state index in [0.717, 1.165) is 19.3 Å². The quantitative estimate of drug-likeness (QED) is 0.259. The average molecular weight is 727 g/mol. The van der Waals surface area contributed by atoms with Gasteiger partial charge in [0.25, 0.3) is 0 Å². The maximum atomic E-state index is 11.7. The molecule has 4 unspecified atom stereocenters. The number of primary sulfonamides is 1. The van der Waals surface area contributed by atoms with Crippen molar-refractivity contribution in [2.45, 2.75) is 62.9 Å². The van der Waals surface area contributed by atoms with Crippen LogP contribution in [0.3, 0.4) is 0 Å². The molecule has 4 N–H and O–H groups in total. The first-order chi connectivity index (χ1) is 15.1. The Hall–Kier alpha value is -0.603. The number of carboxylic acid groups (broad SMARTS) is 1. The molecule has 4 atom stereocenters. The van der Waals surface area contributed by atoms with Crippen molar-refractivity contribution in [3.63, 3.8) is 0 Å². The van der Waals surface area contributed by atoms with Crippen LogP contribution in [0.15, 0.2) is 25.3 Å². The van der Waals surface area contributed by atoms with E-state index in [1.54, 1.807) is 26.0 Å². The fraction of sp³-hybridized carbons (Fsp3) is 0.700. The number of carbonyl (C=O) groups is 2. The number of nitrogens with two attached hydrogens (primary N) is 1. The van der Waals surface area contributed by atoms with Gasteiger partial charge in [0, 0.05) is 39.5 Å². The number of aliphatic carboxylic acids is 1. The van der Waals surface area contributed by atoms with E-state index in [1.807, 2.05) is 0 Å². The number of carboxylic acids is 1. The van der Waals surface area contributed by atoms with Gasteiger partial charge in [0.1, 0.15) is 0 Å². The maximum Gasteiger partial charge on any atom is 0.309 e. The predicted molar refractivity (Wildman–Crippen MR) is 124 cm³/mol. The Bertz CT molecular complexity index is 987. The van der Waals surface area contributed by atoms with Gasteiger partial charge in [0.2, 0.25) is 26.0 Å². The van der Waals surface area contributed by atoms with Crippen LogP contribution in [0.25, 0.3) is 0 Å². The largest absolute Gasteiger partial charge is 0.481 e. The standard InChI is InChI=1S/C10H15NO3S.C7H10O2.C3H7NO2S.BH.U/c1-3-7-6-10(7,2)9(12)11-15(13,14)8-4-5-8;1-3-5-4-7(5,2)6(8)9;4-7(5,6)3-1-2-3;;/h3,7-8H,1,4-6H2,2H3,(H,11,12);3,5H,1,4H2,2H3,(H,8,9);3H,1-2H2,(H2,4,5,6);1H;/i;;;1D;. The van der Waals surface area contributed by atoms with E-state index in [2.05, 4.69) is 26.3 Å². The summed E-state index contributed by atoms with van der Waals surface area (Å²) in [6.07, 6.45) is 7.75. The molecule has 0 aromatic rings. The molecule has 4 saturated carbocycles. The second-order valence-electron chi connectivity index (χ2n) is 9.20. The summed E-state index contributed by atoms with van der Waals surface area (Å²) in [4.78, 5) is 22.1. The van der Waals surface area contributed by atoms with Gasteiger partial charge in [-0.1, -0.05) is 19.1 Å². The molecule has 0 saturated heterocycles. The number of allylic oxidation sites excluding steroid dienone is 2. The first kappa shape index (κ1) is 30.4. The zero-order chi connectivity index (χ0) is 25.8. The zero-order valence-electron chi connectivity index (χ0n) is 20.0. The molecule has 13 heteroatoms. The van der Waals surface area contributed by atoms with E-state index in [-0.39, 0.29) is 59.4 Å². The van der Waals surface area contributed by atoms with Crippen LogP contribution >= 0.6 is 0 Å². The molecule has 0 aromatic carbocycles. The number of hydrogen-bond acceptors (Lipinski definition) is 6. The van der Waals surface area contributed by atoms with Gasteiger partial charge in [0.15, 0.2) is 0 Å². The van der Waals surface area contributed by atoms with Crippen molar-refractivity contribution in [2.24, 2.45) is 27.8 Å². The summed E-state index contributed by atoms with van der Waals surface area (Å²) in [5.74, 6) is -0.756. The Kier molecular flexibility index (Phi) is 10.5.